The number of rotatable bonds is 7. The number of nitrogens with one attached hydrogen (secondary N) is 2. The number of aromatic nitrogens is 3. The smallest absolute Gasteiger partial charge is 0.423 e. The van der Waals surface area contributed by atoms with Gasteiger partial charge in [0, 0.05) is 25.9 Å². The third-order valence-corrected chi connectivity index (χ3v) is 5.37. The molecule has 198 valence electrons. The Hall–Kier alpha value is -4.23. The Morgan fingerprint density at radius 2 is 1.78 bits per heavy atom. The molecule has 4 N–H and O–H groups in total. The normalized spacial score (nSPS) is 11.2. The number of anilines is 2. The summed E-state index contributed by atoms with van der Waals surface area (Å²) in [4.78, 5) is 55.2. The lowest BCUT2D eigenvalue weighted by atomic mass is 10.1. The average Bonchev–Trinajstić information content (AvgIpc) is 3.21. The fourth-order valence-electron chi connectivity index (χ4n) is 3.44. The number of hydrogen-bond donors (Lipinski definition) is 3. The molecular formula is C23H28ClN7O6. The lowest BCUT2D eigenvalue weighted by Gasteiger charge is -2.24. The van der Waals surface area contributed by atoms with Gasteiger partial charge < -0.3 is 25.8 Å². The van der Waals surface area contributed by atoms with Crippen molar-refractivity contribution in [1.29, 1.82) is 0 Å². The van der Waals surface area contributed by atoms with Gasteiger partial charge in [-0.1, -0.05) is 6.07 Å². The molecule has 2 heterocycles. The van der Waals surface area contributed by atoms with Crippen molar-refractivity contribution in [3.63, 3.8) is 0 Å². The number of nitrogens with two attached hydrogens (primary N) is 1. The second kappa shape index (κ2) is 12.1. The highest BCUT2D eigenvalue weighted by Gasteiger charge is 2.29. The average molecular weight is 534 g/mol. The van der Waals surface area contributed by atoms with Crippen LogP contribution in [-0.4, -0.2) is 65.4 Å². The zero-order valence-electron chi connectivity index (χ0n) is 20.9. The SMILES string of the molecule is CNC(=O)c1ccc(C)c(N(C(=O)OCOC(=O)[C@H](C)N)c2ncnn3cc(C(=O)NC)c(C)c23)c1.Cl. The van der Waals surface area contributed by atoms with Gasteiger partial charge in [0.25, 0.3) is 11.8 Å². The van der Waals surface area contributed by atoms with E-state index in [0.717, 1.165) is 4.90 Å². The van der Waals surface area contributed by atoms with Crippen molar-refractivity contribution in [2.24, 2.45) is 5.73 Å². The molecule has 3 rings (SSSR count). The minimum atomic E-state index is -0.952. The number of hydrogen-bond acceptors (Lipinski definition) is 9. The molecule has 1 aromatic carbocycles. The Bertz CT molecular complexity index is 1340. The highest BCUT2D eigenvalue weighted by atomic mass is 35.5. The Balaban J connectivity index is 0.00000481. The monoisotopic (exact) mass is 533 g/mol. The van der Waals surface area contributed by atoms with Gasteiger partial charge in [-0.25, -0.2) is 19.2 Å². The van der Waals surface area contributed by atoms with E-state index in [9.17, 15) is 19.2 Å². The molecule has 13 nitrogen and oxygen atoms in total. The van der Waals surface area contributed by atoms with Crippen LogP contribution in [0.3, 0.4) is 0 Å². The first kappa shape index (κ1) is 29.0. The number of halogens is 1. The van der Waals surface area contributed by atoms with Crippen molar-refractivity contribution in [3.05, 3.63) is 53.0 Å². The van der Waals surface area contributed by atoms with Crippen LogP contribution in [0.1, 0.15) is 38.8 Å². The lowest BCUT2D eigenvalue weighted by molar-refractivity contribution is -0.152. The highest BCUT2D eigenvalue weighted by Crippen LogP contribution is 2.34. The second-order valence-corrected chi connectivity index (χ2v) is 7.82. The van der Waals surface area contributed by atoms with Gasteiger partial charge in [0.2, 0.25) is 6.79 Å². The van der Waals surface area contributed by atoms with E-state index in [0.29, 0.717) is 22.2 Å². The fourth-order valence-corrected chi connectivity index (χ4v) is 3.44. The van der Waals surface area contributed by atoms with E-state index >= 15 is 0 Å². The predicted octanol–water partition coefficient (Wildman–Crippen LogP) is 1.61. The minimum Gasteiger partial charge on any atom is -0.427 e. The first-order chi connectivity index (χ1) is 17.1. The summed E-state index contributed by atoms with van der Waals surface area (Å²) in [6, 6.07) is 3.86. The lowest BCUT2D eigenvalue weighted by Crippen LogP contribution is -2.33. The molecule has 0 aliphatic heterocycles. The summed E-state index contributed by atoms with van der Waals surface area (Å²) in [7, 11) is 2.98. The van der Waals surface area contributed by atoms with Gasteiger partial charge in [-0.05, 0) is 44.0 Å². The van der Waals surface area contributed by atoms with Crippen LogP contribution in [0.4, 0.5) is 16.3 Å². The van der Waals surface area contributed by atoms with Gasteiger partial charge in [-0.3, -0.25) is 14.4 Å². The number of ether oxygens (including phenoxy) is 2. The molecule has 0 aliphatic rings. The minimum absolute atomic E-state index is 0. The van der Waals surface area contributed by atoms with Crippen LogP contribution in [0.2, 0.25) is 0 Å². The third-order valence-electron chi connectivity index (χ3n) is 5.37. The number of fused-ring (bicyclic) bond motifs is 1. The molecule has 0 fully saturated rings. The van der Waals surface area contributed by atoms with Gasteiger partial charge in [0.15, 0.2) is 5.82 Å². The van der Waals surface area contributed by atoms with Crippen LogP contribution < -0.4 is 21.3 Å². The predicted molar refractivity (Wildman–Crippen MR) is 136 cm³/mol. The van der Waals surface area contributed by atoms with Crippen molar-refractivity contribution in [3.8, 4) is 0 Å². The number of benzene rings is 1. The Kier molecular flexibility index (Phi) is 9.52. The summed E-state index contributed by atoms with van der Waals surface area (Å²) in [6.07, 6.45) is 1.77. The molecule has 0 spiro atoms. The van der Waals surface area contributed by atoms with Crippen LogP contribution in [0.15, 0.2) is 30.7 Å². The van der Waals surface area contributed by atoms with E-state index in [1.807, 2.05) is 0 Å². The molecule has 2 aromatic heterocycles. The largest absolute Gasteiger partial charge is 0.427 e. The maximum atomic E-state index is 13.4. The molecular weight excluding hydrogens is 506 g/mol. The third kappa shape index (κ3) is 5.95. The van der Waals surface area contributed by atoms with Gasteiger partial charge in [0.1, 0.15) is 17.9 Å². The molecule has 0 saturated carbocycles. The second-order valence-electron chi connectivity index (χ2n) is 7.82. The van der Waals surface area contributed by atoms with E-state index in [-0.39, 0.29) is 41.3 Å². The van der Waals surface area contributed by atoms with Crippen molar-refractivity contribution < 1.29 is 28.7 Å². The zero-order valence-corrected chi connectivity index (χ0v) is 21.7. The molecule has 1 atom stereocenters. The fraction of sp³-hybridized carbons (Fsp3) is 0.304. The van der Waals surface area contributed by atoms with Crippen molar-refractivity contribution in [1.82, 2.24) is 25.2 Å². The quantitative estimate of drug-likeness (QED) is 0.301. The van der Waals surface area contributed by atoms with E-state index < -0.39 is 24.9 Å². The van der Waals surface area contributed by atoms with E-state index in [1.165, 1.54) is 44.1 Å². The molecule has 0 bridgehead atoms. The number of carbonyl (C=O) groups excluding carboxylic acids is 4. The topological polar surface area (TPSA) is 170 Å². The van der Waals surface area contributed by atoms with Crippen LogP contribution in [-0.2, 0) is 14.3 Å². The zero-order chi connectivity index (χ0) is 26.6. The summed E-state index contributed by atoms with van der Waals surface area (Å²) in [5, 5.41) is 9.26. The molecule has 14 heteroatoms. The Labute approximate surface area is 218 Å². The Morgan fingerprint density at radius 1 is 1.11 bits per heavy atom. The van der Waals surface area contributed by atoms with Crippen LogP contribution in [0.25, 0.3) is 5.52 Å². The molecule has 3 amide bonds. The summed E-state index contributed by atoms with van der Waals surface area (Å²) in [5.41, 5.74) is 7.83. The van der Waals surface area contributed by atoms with Gasteiger partial charge in [-0.15, -0.1) is 12.4 Å². The van der Waals surface area contributed by atoms with Crippen molar-refractivity contribution in [2.45, 2.75) is 26.8 Å². The number of aryl methyl sites for hydroxylation is 2. The summed E-state index contributed by atoms with van der Waals surface area (Å²) in [5.74, 6) is -1.39. The molecule has 0 unspecified atom stereocenters. The van der Waals surface area contributed by atoms with Gasteiger partial charge in [-0.2, -0.15) is 5.10 Å². The maximum Gasteiger partial charge on any atom is 0.423 e. The van der Waals surface area contributed by atoms with E-state index in [1.54, 1.807) is 26.0 Å². The highest BCUT2D eigenvalue weighted by molar-refractivity contribution is 6.04. The number of esters is 1. The van der Waals surface area contributed by atoms with Crippen molar-refractivity contribution >= 4 is 53.3 Å². The maximum absolute atomic E-state index is 13.4. The molecule has 0 saturated heterocycles. The first-order valence-corrected chi connectivity index (χ1v) is 10.9. The standard InChI is InChI=1S/C23H27N7O6.ClH/c1-12-6-7-15(20(31)25-4)8-17(12)30(23(34)36-11-35-22(33)14(3)24)19-18-13(2)16(21(32)26-5)9-29(18)28-10-27-19;/h6-10,14H,11,24H2,1-5H3,(H,25,31)(H,26,32);1H/t14-;/m0./s1. The Morgan fingerprint density at radius 3 is 2.41 bits per heavy atom. The van der Waals surface area contributed by atoms with Gasteiger partial charge in [0.05, 0.1) is 11.3 Å². The van der Waals surface area contributed by atoms with Crippen LogP contribution >= 0.6 is 12.4 Å². The molecule has 0 radical (unpaired) electrons. The van der Waals surface area contributed by atoms with Crippen molar-refractivity contribution in [2.75, 3.05) is 25.8 Å². The van der Waals surface area contributed by atoms with Crippen LogP contribution in [0.5, 0.6) is 0 Å². The number of amides is 3. The summed E-state index contributed by atoms with van der Waals surface area (Å²) < 4.78 is 11.5. The van der Waals surface area contributed by atoms with Gasteiger partial charge >= 0.3 is 12.1 Å². The first-order valence-electron chi connectivity index (χ1n) is 10.9. The summed E-state index contributed by atoms with van der Waals surface area (Å²) in [6.45, 7) is 4.16. The molecule has 3 aromatic rings. The molecule has 0 aliphatic carbocycles. The summed E-state index contributed by atoms with van der Waals surface area (Å²) >= 11 is 0. The number of carbonyl (C=O) groups is 4. The van der Waals surface area contributed by atoms with E-state index in [2.05, 4.69) is 20.7 Å². The molecule has 37 heavy (non-hydrogen) atoms. The number of nitrogens with zero attached hydrogens (tertiary/aromatic N) is 4. The van der Waals surface area contributed by atoms with Crippen LogP contribution in [0, 0.1) is 13.8 Å². The van der Waals surface area contributed by atoms with E-state index in [4.69, 9.17) is 15.2 Å².